The highest BCUT2D eigenvalue weighted by molar-refractivity contribution is 5.80. The number of nitrogens with one attached hydrogen (secondary N) is 1. The van der Waals surface area contributed by atoms with E-state index in [0.29, 0.717) is 0 Å². The number of fused-ring (bicyclic) bond motifs is 1. The van der Waals surface area contributed by atoms with Gasteiger partial charge in [0.2, 0.25) is 5.91 Å². The predicted octanol–water partition coefficient (Wildman–Crippen LogP) is 2.17. The molecule has 0 spiro atoms. The summed E-state index contributed by atoms with van der Waals surface area (Å²) in [5.74, 6) is 0.333. The maximum absolute atomic E-state index is 12.7. The van der Waals surface area contributed by atoms with E-state index in [1.54, 1.807) is 4.68 Å². The van der Waals surface area contributed by atoms with Crippen LogP contribution in [-0.4, -0.2) is 44.4 Å². The average molecular weight is 315 g/mol. The molecule has 1 aliphatic rings. The number of aromatic amines is 1. The SMILES string of the molecule is CCCCN(C)C(=O)C1CCc2[nH]nc(-c3cnn(C)c3)c2C1. The number of carbonyl (C=O) groups is 1. The molecule has 1 aliphatic carbocycles. The Balaban J connectivity index is 1.77. The first-order valence-electron chi connectivity index (χ1n) is 8.40. The number of hydrogen-bond donors (Lipinski definition) is 1. The summed E-state index contributed by atoms with van der Waals surface area (Å²) in [6, 6.07) is 0. The first-order valence-corrected chi connectivity index (χ1v) is 8.40. The van der Waals surface area contributed by atoms with Gasteiger partial charge in [-0.1, -0.05) is 13.3 Å². The quantitative estimate of drug-likeness (QED) is 0.919. The van der Waals surface area contributed by atoms with Crippen LogP contribution in [0.25, 0.3) is 11.3 Å². The number of amides is 1. The summed E-state index contributed by atoms with van der Waals surface area (Å²) in [5, 5.41) is 11.8. The third-order valence-electron chi connectivity index (χ3n) is 4.70. The summed E-state index contributed by atoms with van der Waals surface area (Å²) in [6.07, 6.45) is 8.53. The van der Waals surface area contributed by atoms with Crippen LogP contribution in [0.2, 0.25) is 0 Å². The molecule has 2 heterocycles. The minimum Gasteiger partial charge on any atom is -0.346 e. The van der Waals surface area contributed by atoms with Crippen molar-refractivity contribution in [3.8, 4) is 11.3 Å². The highest BCUT2D eigenvalue weighted by atomic mass is 16.2. The molecule has 0 saturated carbocycles. The maximum atomic E-state index is 12.7. The van der Waals surface area contributed by atoms with E-state index in [2.05, 4.69) is 22.2 Å². The van der Waals surface area contributed by atoms with E-state index in [-0.39, 0.29) is 11.8 Å². The Hall–Kier alpha value is -2.11. The molecular weight excluding hydrogens is 290 g/mol. The molecule has 23 heavy (non-hydrogen) atoms. The van der Waals surface area contributed by atoms with Gasteiger partial charge < -0.3 is 4.90 Å². The summed E-state index contributed by atoms with van der Waals surface area (Å²) in [5.41, 5.74) is 4.31. The zero-order valence-electron chi connectivity index (χ0n) is 14.2. The summed E-state index contributed by atoms with van der Waals surface area (Å²) < 4.78 is 1.78. The molecule has 0 radical (unpaired) electrons. The Bertz CT molecular complexity index is 687. The number of rotatable bonds is 5. The van der Waals surface area contributed by atoms with Crippen molar-refractivity contribution in [3.05, 3.63) is 23.7 Å². The molecule has 124 valence electrons. The number of unbranched alkanes of at least 4 members (excludes halogenated alkanes) is 1. The molecule has 3 rings (SSSR count). The van der Waals surface area contributed by atoms with E-state index in [1.807, 2.05) is 31.4 Å². The lowest BCUT2D eigenvalue weighted by molar-refractivity contribution is -0.134. The third-order valence-corrected chi connectivity index (χ3v) is 4.70. The van der Waals surface area contributed by atoms with Crippen LogP contribution in [0.5, 0.6) is 0 Å². The number of nitrogens with zero attached hydrogens (tertiary/aromatic N) is 4. The minimum absolute atomic E-state index is 0.0670. The largest absolute Gasteiger partial charge is 0.346 e. The van der Waals surface area contributed by atoms with Gasteiger partial charge in [-0.05, 0) is 25.7 Å². The van der Waals surface area contributed by atoms with Crippen LogP contribution in [0, 0.1) is 5.92 Å². The van der Waals surface area contributed by atoms with Gasteiger partial charge in [-0.25, -0.2) is 0 Å². The summed E-state index contributed by atoms with van der Waals surface area (Å²) in [6.45, 7) is 3.00. The lowest BCUT2D eigenvalue weighted by Crippen LogP contribution is -2.36. The molecular formula is C17H25N5O. The molecule has 2 aromatic rings. The monoisotopic (exact) mass is 315 g/mol. The van der Waals surface area contributed by atoms with Gasteiger partial charge in [-0.3, -0.25) is 14.6 Å². The number of aryl methyl sites for hydroxylation is 2. The lowest BCUT2D eigenvalue weighted by Gasteiger charge is -2.26. The van der Waals surface area contributed by atoms with Crippen molar-refractivity contribution in [3.63, 3.8) is 0 Å². The molecule has 0 bridgehead atoms. The van der Waals surface area contributed by atoms with E-state index >= 15 is 0 Å². The number of hydrogen-bond acceptors (Lipinski definition) is 3. The van der Waals surface area contributed by atoms with Gasteiger partial charge in [0.05, 0.1) is 11.9 Å². The molecule has 6 heteroatoms. The number of aromatic nitrogens is 4. The standard InChI is InChI=1S/C17H25N5O/c1-4-5-8-21(2)17(23)12-6-7-15-14(9-12)16(20-19-15)13-10-18-22(3)11-13/h10-12H,4-9H2,1-3H3,(H,19,20). The molecule has 1 amide bonds. The molecule has 2 aromatic heterocycles. The topological polar surface area (TPSA) is 66.8 Å². The second-order valence-electron chi connectivity index (χ2n) is 6.49. The van der Waals surface area contributed by atoms with Gasteiger partial charge >= 0.3 is 0 Å². The van der Waals surface area contributed by atoms with Crippen molar-refractivity contribution < 1.29 is 4.79 Å². The van der Waals surface area contributed by atoms with Crippen molar-refractivity contribution >= 4 is 5.91 Å². The highest BCUT2D eigenvalue weighted by Crippen LogP contribution is 2.32. The second kappa shape index (κ2) is 6.56. The highest BCUT2D eigenvalue weighted by Gasteiger charge is 2.30. The van der Waals surface area contributed by atoms with E-state index in [1.165, 1.54) is 11.3 Å². The molecule has 6 nitrogen and oxygen atoms in total. The van der Waals surface area contributed by atoms with Crippen LogP contribution in [0.1, 0.15) is 37.4 Å². The molecule has 1 N–H and O–H groups in total. The molecule has 0 aromatic carbocycles. The fourth-order valence-corrected chi connectivity index (χ4v) is 3.31. The van der Waals surface area contributed by atoms with Gasteiger partial charge in [0.25, 0.3) is 0 Å². The number of carbonyl (C=O) groups excluding carboxylic acids is 1. The van der Waals surface area contributed by atoms with Crippen LogP contribution in [0.3, 0.4) is 0 Å². The van der Waals surface area contributed by atoms with E-state index < -0.39 is 0 Å². The zero-order valence-corrected chi connectivity index (χ0v) is 14.2. The van der Waals surface area contributed by atoms with Gasteiger partial charge in [-0.15, -0.1) is 0 Å². The Labute approximate surface area is 136 Å². The fourth-order valence-electron chi connectivity index (χ4n) is 3.31. The van der Waals surface area contributed by atoms with Gasteiger partial charge in [-0.2, -0.15) is 10.2 Å². The Morgan fingerprint density at radius 2 is 2.35 bits per heavy atom. The van der Waals surface area contributed by atoms with Gasteiger partial charge in [0, 0.05) is 49.6 Å². The summed E-state index contributed by atoms with van der Waals surface area (Å²) in [4.78, 5) is 14.6. The molecule has 0 fully saturated rings. The fraction of sp³-hybridized carbons (Fsp3) is 0.588. The smallest absolute Gasteiger partial charge is 0.225 e. The predicted molar refractivity (Wildman–Crippen MR) is 88.8 cm³/mol. The normalized spacial score (nSPS) is 17.1. The van der Waals surface area contributed by atoms with Crippen molar-refractivity contribution in [1.82, 2.24) is 24.9 Å². The van der Waals surface area contributed by atoms with Crippen molar-refractivity contribution in [2.24, 2.45) is 13.0 Å². The van der Waals surface area contributed by atoms with Crippen molar-refractivity contribution in [2.75, 3.05) is 13.6 Å². The molecule has 0 aliphatic heterocycles. The first-order chi connectivity index (χ1) is 11.1. The second-order valence-corrected chi connectivity index (χ2v) is 6.49. The van der Waals surface area contributed by atoms with Crippen molar-refractivity contribution in [2.45, 2.75) is 39.0 Å². The van der Waals surface area contributed by atoms with E-state index in [4.69, 9.17) is 0 Å². The van der Waals surface area contributed by atoms with Crippen LogP contribution in [0.15, 0.2) is 12.4 Å². The summed E-state index contributed by atoms with van der Waals surface area (Å²) in [7, 11) is 3.82. The van der Waals surface area contributed by atoms with Crippen LogP contribution >= 0.6 is 0 Å². The van der Waals surface area contributed by atoms with Crippen LogP contribution < -0.4 is 0 Å². The molecule has 1 atom stereocenters. The minimum atomic E-state index is 0.0670. The average Bonchev–Trinajstić information content (AvgIpc) is 3.16. The number of H-pyrrole nitrogens is 1. The Kier molecular flexibility index (Phi) is 4.50. The van der Waals surface area contributed by atoms with Crippen LogP contribution in [0.4, 0.5) is 0 Å². The Morgan fingerprint density at radius 3 is 3.04 bits per heavy atom. The molecule has 1 unspecified atom stereocenters. The van der Waals surface area contributed by atoms with E-state index in [0.717, 1.165) is 49.9 Å². The Morgan fingerprint density at radius 1 is 1.52 bits per heavy atom. The van der Waals surface area contributed by atoms with Crippen molar-refractivity contribution in [1.29, 1.82) is 0 Å². The maximum Gasteiger partial charge on any atom is 0.225 e. The van der Waals surface area contributed by atoms with E-state index in [9.17, 15) is 4.79 Å². The zero-order chi connectivity index (χ0) is 16.4. The van der Waals surface area contributed by atoms with Gasteiger partial charge in [0.15, 0.2) is 0 Å². The summed E-state index contributed by atoms with van der Waals surface area (Å²) >= 11 is 0. The van der Waals surface area contributed by atoms with Gasteiger partial charge in [0.1, 0.15) is 0 Å². The lowest BCUT2D eigenvalue weighted by atomic mass is 9.85. The first kappa shape index (κ1) is 15.8. The third kappa shape index (κ3) is 3.16. The molecule has 0 saturated heterocycles. The van der Waals surface area contributed by atoms with Crippen LogP contribution in [-0.2, 0) is 24.7 Å².